The van der Waals surface area contributed by atoms with Gasteiger partial charge in [-0.3, -0.25) is 4.40 Å². The van der Waals surface area contributed by atoms with Crippen molar-refractivity contribution in [2.75, 3.05) is 18.0 Å². The maximum absolute atomic E-state index is 9.61. The Balaban J connectivity index is 2.02. The molecule has 4 nitrogen and oxygen atoms in total. The topological polar surface area (TPSA) is 40.8 Å². The minimum absolute atomic E-state index is 0.0294. The number of hydrogen-bond donors (Lipinski definition) is 1. The molecule has 2 heterocycles. The zero-order valence-corrected chi connectivity index (χ0v) is 10.7. The zero-order chi connectivity index (χ0) is 12.5. The summed E-state index contributed by atoms with van der Waals surface area (Å²) in [5, 5.41) is 9.61. The number of pyridine rings is 1. The van der Waals surface area contributed by atoms with Crippen molar-refractivity contribution >= 4 is 11.5 Å². The highest BCUT2D eigenvalue weighted by Gasteiger charge is 2.26. The number of anilines is 1. The molecule has 18 heavy (non-hydrogen) atoms. The molecular formula is C14H19N3O. The van der Waals surface area contributed by atoms with Gasteiger partial charge in [0.25, 0.3) is 0 Å². The fourth-order valence-electron chi connectivity index (χ4n) is 2.41. The molecule has 0 spiro atoms. The third-order valence-corrected chi connectivity index (χ3v) is 3.61. The second kappa shape index (κ2) is 4.61. The Kier molecular flexibility index (Phi) is 2.96. The van der Waals surface area contributed by atoms with Gasteiger partial charge in [0.2, 0.25) is 0 Å². The minimum atomic E-state index is 0.0294. The molecule has 0 aromatic carbocycles. The Bertz CT molecular complexity index is 545. The number of nitrogens with zero attached hydrogens (tertiary/aromatic N) is 3. The molecule has 0 amide bonds. The first kappa shape index (κ1) is 11.5. The summed E-state index contributed by atoms with van der Waals surface area (Å²) in [4.78, 5) is 6.95. The van der Waals surface area contributed by atoms with E-state index in [4.69, 9.17) is 0 Å². The number of aliphatic hydroxyl groups excluding tert-OH is 1. The largest absolute Gasteiger partial charge is 0.390 e. The average molecular weight is 245 g/mol. The molecule has 0 radical (unpaired) electrons. The summed E-state index contributed by atoms with van der Waals surface area (Å²) in [7, 11) is 0. The molecule has 0 aliphatic heterocycles. The van der Waals surface area contributed by atoms with Gasteiger partial charge in [-0.2, -0.15) is 0 Å². The Hall–Kier alpha value is -1.55. The lowest BCUT2D eigenvalue weighted by molar-refractivity contribution is 0.276. The summed E-state index contributed by atoms with van der Waals surface area (Å²) < 4.78 is 1.98. The molecular weight excluding hydrogens is 226 g/mol. The number of aromatic nitrogens is 2. The van der Waals surface area contributed by atoms with Crippen LogP contribution >= 0.6 is 0 Å². The van der Waals surface area contributed by atoms with Crippen molar-refractivity contribution in [1.82, 2.24) is 9.38 Å². The molecule has 2 aromatic heterocycles. The summed E-state index contributed by atoms with van der Waals surface area (Å²) in [6, 6.07) is 5.92. The molecule has 96 valence electrons. The zero-order valence-electron chi connectivity index (χ0n) is 10.7. The highest BCUT2D eigenvalue weighted by Crippen LogP contribution is 2.32. The van der Waals surface area contributed by atoms with Crippen LogP contribution in [-0.2, 0) is 6.61 Å². The molecule has 4 heteroatoms. The van der Waals surface area contributed by atoms with Crippen molar-refractivity contribution in [3.8, 4) is 0 Å². The van der Waals surface area contributed by atoms with E-state index in [1.165, 1.54) is 12.8 Å². The number of rotatable bonds is 5. The first-order valence-corrected chi connectivity index (χ1v) is 6.65. The SMILES string of the molecule is CCN(CC1CC1)c1nc2ccccn2c1CO. The number of aliphatic hydroxyl groups is 1. The van der Waals surface area contributed by atoms with Crippen LogP contribution in [0.3, 0.4) is 0 Å². The molecule has 1 N–H and O–H groups in total. The average Bonchev–Trinajstić information content (AvgIpc) is 3.14. The Morgan fingerprint density at radius 1 is 1.44 bits per heavy atom. The standard InChI is InChI=1S/C14H19N3O/c1-2-16(9-11-6-7-11)14-12(10-18)17-8-4-3-5-13(17)15-14/h3-5,8,11,18H,2,6-7,9-10H2,1H3. The lowest BCUT2D eigenvalue weighted by Gasteiger charge is -2.21. The number of fused-ring (bicyclic) bond motifs is 1. The van der Waals surface area contributed by atoms with Crippen LogP contribution in [0.2, 0.25) is 0 Å². The summed E-state index contributed by atoms with van der Waals surface area (Å²) in [6.45, 7) is 4.18. The lowest BCUT2D eigenvalue weighted by Crippen LogP contribution is -2.26. The molecule has 1 aliphatic rings. The van der Waals surface area contributed by atoms with E-state index in [9.17, 15) is 5.11 Å². The minimum Gasteiger partial charge on any atom is -0.390 e. The number of imidazole rings is 1. The van der Waals surface area contributed by atoms with Gasteiger partial charge in [-0.25, -0.2) is 4.98 Å². The molecule has 1 fully saturated rings. The van der Waals surface area contributed by atoms with Crippen LogP contribution in [0, 0.1) is 5.92 Å². The normalized spacial score (nSPS) is 15.2. The van der Waals surface area contributed by atoms with Gasteiger partial charge < -0.3 is 10.0 Å². The van der Waals surface area contributed by atoms with Gasteiger partial charge in [-0.15, -0.1) is 0 Å². The van der Waals surface area contributed by atoms with E-state index in [1.807, 2.05) is 28.8 Å². The molecule has 1 saturated carbocycles. The molecule has 3 rings (SSSR count). The van der Waals surface area contributed by atoms with Gasteiger partial charge in [0.15, 0.2) is 5.82 Å². The Labute approximate surface area is 107 Å². The molecule has 0 bridgehead atoms. The summed E-state index contributed by atoms with van der Waals surface area (Å²) in [6.07, 6.45) is 4.62. The second-order valence-electron chi connectivity index (χ2n) is 4.95. The fraction of sp³-hybridized carbons (Fsp3) is 0.500. The fourth-order valence-corrected chi connectivity index (χ4v) is 2.41. The van der Waals surface area contributed by atoms with Crippen molar-refractivity contribution in [3.05, 3.63) is 30.1 Å². The smallest absolute Gasteiger partial charge is 0.153 e. The van der Waals surface area contributed by atoms with Crippen molar-refractivity contribution in [2.24, 2.45) is 5.92 Å². The van der Waals surface area contributed by atoms with E-state index in [2.05, 4.69) is 16.8 Å². The van der Waals surface area contributed by atoms with Crippen LogP contribution in [0.5, 0.6) is 0 Å². The van der Waals surface area contributed by atoms with Crippen molar-refractivity contribution < 1.29 is 5.11 Å². The highest BCUT2D eigenvalue weighted by atomic mass is 16.3. The molecule has 0 saturated heterocycles. The maximum atomic E-state index is 9.61. The van der Waals surface area contributed by atoms with Crippen molar-refractivity contribution in [3.63, 3.8) is 0 Å². The van der Waals surface area contributed by atoms with Gasteiger partial charge in [0, 0.05) is 19.3 Å². The third-order valence-electron chi connectivity index (χ3n) is 3.61. The van der Waals surface area contributed by atoms with Crippen LogP contribution in [0.1, 0.15) is 25.5 Å². The van der Waals surface area contributed by atoms with Crippen LogP contribution in [0.25, 0.3) is 5.65 Å². The molecule has 2 aromatic rings. The summed E-state index contributed by atoms with van der Waals surface area (Å²) >= 11 is 0. The van der Waals surface area contributed by atoms with E-state index in [0.29, 0.717) is 0 Å². The lowest BCUT2D eigenvalue weighted by atomic mass is 10.3. The Morgan fingerprint density at radius 2 is 2.28 bits per heavy atom. The summed E-state index contributed by atoms with van der Waals surface area (Å²) in [5.74, 6) is 1.76. The second-order valence-corrected chi connectivity index (χ2v) is 4.95. The molecule has 0 unspecified atom stereocenters. The van der Waals surface area contributed by atoms with E-state index in [0.717, 1.165) is 36.2 Å². The number of hydrogen-bond acceptors (Lipinski definition) is 3. The Morgan fingerprint density at radius 3 is 2.94 bits per heavy atom. The van der Waals surface area contributed by atoms with Gasteiger partial charge in [0.05, 0.1) is 12.3 Å². The highest BCUT2D eigenvalue weighted by molar-refractivity contribution is 5.55. The maximum Gasteiger partial charge on any atom is 0.153 e. The van der Waals surface area contributed by atoms with Crippen LogP contribution < -0.4 is 4.90 Å². The molecule has 1 aliphatic carbocycles. The van der Waals surface area contributed by atoms with E-state index in [-0.39, 0.29) is 6.61 Å². The van der Waals surface area contributed by atoms with Gasteiger partial charge >= 0.3 is 0 Å². The monoisotopic (exact) mass is 245 g/mol. The van der Waals surface area contributed by atoms with Crippen molar-refractivity contribution in [1.29, 1.82) is 0 Å². The predicted molar refractivity (Wildman–Crippen MR) is 71.7 cm³/mol. The summed E-state index contributed by atoms with van der Waals surface area (Å²) in [5.41, 5.74) is 1.80. The molecule has 0 atom stereocenters. The van der Waals surface area contributed by atoms with E-state index in [1.54, 1.807) is 0 Å². The quantitative estimate of drug-likeness (QED) is 0.876. The van der Waals surface area contributed by atoms with E-state index < -0.39 is 0 Å². The first-order valence-electron chi connectivity index (χ1n) is 6.65. The van der Waals surface area contributed by atoms with Crippen LogP contribution in [0.15, 0.2) is 24.4 Å². The predicted octanol–water partition coefficient (Wildman–Crippen LogP) is 2.06. The van der Waals surface area contributed by atoms with Gasteiger partial charge in [0.1, 0.15) is 5.65 Å². The van der Waals surface area contributed by atoms with Gasteiger partial charge in [-0.1, -0.05) is 6.07 Å². The third kappa shape index (κ3) is 1.97. The van der Waals surface area contributed by atoms with Crippen LogP contribution in [0.4, 0.5) is 5.82 Å². The van der Waals surface area contributed by atoms with Gasteiger partial charge in [-0.05, 0) is 37.8 Å². The first-order chi connectivity index (χ1) is 8.83. The van der Waals surface area contributed by atoms with Crippen molar-refractivity contribution in [2.45, 2.75) is 26.4 Å². The van der Waals surface area contributed by atoms with Crippen LogP contribution in [-0.4, -0.2) is 27.6 Å². The van der Waals surface area contributed by atoms with E-state index >= 15 is 0 Å².